The summed E-state index contributed by atoms with van der Waals surface area (Å²) in [6.07, 6.45) is 1.70. The predicted molar refractivity (Wildman–Crippen MR) is 111 cm³/mol. The summed E-state index contributed by atoms with van der Waals surface area (Å²) in [5, 5.41) is 0. The lowest BCUT2D eigenvalue weighted by atomic mass is 9.92. The van der Waals surface area contributed by atoms with Gasteiger partial charge in [0.2, 0.25) is 11.6 Å². The summed E-state index contributed by atoms with van der Waals surface area (Å²) < 4.78 is 29.1. The van der Waals surface area contributed by atoms with E-state index in [4.69, 9.17) is 0 Å². The van der Waals surface area contributed by atoms with Gasteiger partial charge in [0.1, 0.15) is 5.70 Å². The number of carbonyl (C=O) groups excluding carboxylic acids is 2. The Labute approximate surface area is 170 Å². The first-order chi connectivity index (χ1) is 13.8. The van der Waals surface area contributed by atoms with Crippen LogP contribution < -0.4 is 4.72 Å². The molecule has 1 fully saturated rings. The molecule has 1 saturated heterocycles. The number of hydrogen-bond donors (Lipinski definition) is 1. The second-order valence-corrected chi connectivity index (χ2v) is 9.10. The highest BCUT2D eigenvalue weighted by Gasteiger charge is 2.41. The molecule has 1 heterocycles. The zero-order valence-corrected chi connectivity index (χ0v) is 17.2. The summed E-state index contributed by atoms with van der Waals surface area (Å²) in [7, 11) is -4.26. The highest BCUT2D eigenvalue weighted by molar-refractivity contribution is 7.97. The molecule has 2 aliphatic rings. The molecule has 6 nitrogen and oxygen atoms in total. The maximum atomic E-state index is 13.3. The van der Waals surface area contributed by atoms with Crippen molar-refractivity contribution in [1.82, 2.24) is 4.90 Å². The number of carbonyl (C=O) groups is 2. The van der Waals surface area contributed by atoms with Crippen molar-refractivity contribution in [1.29, 1.82) is 0 Å². The third-order valence-electron chi connectivity index (χ3n) is 5.50. The Kier molecular flexibility index (Phi) is 4.78. The summed E-state index contributed by atoms with van der Waals surface area (Å²) in [4.78, 5) is 27.7. The van der Waals surface area contributed by atoms with Gasteiger partial charge >= 0.3 is 0 Å². The lowest BCUT2D eigenvalue weighted by molar-refractivity contribution is 0.0953. The minimum atomic E-state index is -4.26. The molecule has 1 N–H and O–H groups in total. The first kappa shape index (κ1) is 19.4. The standard InChI is InChI=1S/C22H22N2O4S/c1-14-9-10-16(13-15(14)2)23-29(27,28)22-19(24-11-5-6-12-24)20(25)17-7-3-4-8-18(17)21(22)26/h3-4,7-10,13,23H,5-6,11-12H2,1-2H3. The van der Waals surface area contributed by atoms with Crippen molar-refractivity contribution in [3.05, 3.63) is 75.3 Å². The summed E-state index contributed by atoms with van der Waals surface area (Å²) in [6.45, 7) is 4.92. The van der Waals surface area contributed by atoms with Crippen molar-refractivity contribution < 1.29 is 18.0 Å². The van der Waals surface area contributed by atoms with E-state index in [9.17, 15) is 18.0 Å². The van der Waals surface area contributed by atoms with Crippen molar-refractivity contribution in [2.75, 3.05) is 17.8 Å². The van der Waals surface area contributed by atoms with E-state index in [2.05, 4.69) is 4.72 Å². The molecule has 0 unspecified atom stereocenters. The molecule has 0 atom stereocenters. The molecule has 1 aliphatic heterocycles. The third kappa shape index (κ3) is 3.35. The van der Waals surface area contributed by atoms with Gasteiger partial charge in [0, 0.05) is 29.9 Å². The summed E-state index contributed by atoms with van der Waals surface area (Å²) in [6, 6.07) is 11.6. The lowest BCUT2D eigenvalue weighted by Crippen LogP contribution is -2.36. The van der Waals surface area contributed by atoms with Crippen molar-refractivity contribution in [3.63, 3.8) is 0 Å². The number of hydrogen-bond acceptors (Lipinski definition) is 5. The van der Waals surface area contributed by atoms with E-state index < -0.39 is 26.5 Å². The van der Waals surface area contributed by atoms with Crippen LogP contribution in [0.15, 0.2) is 53.1 Å². The lowest BCUT2D eigenvalue weighted by Gasteiger charge is -2.27. The van der Waals surface area contributed by atoms with E-state index in [0.717, 1.165) is 24.0 Å². The number of ketones is 2. The van der Waals surface area contributed by atoms with E-state index in [1.807, 2.05) is 19.9 Å². The Balaban J connectivity index is 1.86. The van der Waals surface area contributed by atoms with Gasteiger partial charge in [-0.3, -0.25) is 14.3 Å². The number of nitrogens with zero attached hydrogens (tertiary/aromatic N) is 1. The molecule has 0 radical (unpaired) electrons. The van der Waals surface area contributed by atoms with Crippen LogP contribution in [0.25, 0.3) is 0 Å². The van der Waals surface area contributed by atoms with Crippen LogP contribution >= 0.6 is 0 Å². The van der Waals surface area contributed by atoms with Gasteiger partial charge in [-0.1, -0.05) is 30.3 Å². The minimum absolute atomic E-state index is 0.0115. The second-order valence-electron chi connectivity index (χ2n) is 7.48. The number of rotatable bonds is 4. The molecule has 0 saturated carbocycles. The van der Waals surface area contributed by atoms with Crippen LogP contribution in [-0.2, 0) is 10.0 Å². The Morgan fingerprint density at radius 1 is 0.862 bits per heavy atom. The fraction of sp³-hybridized carbons (Fsp3) is 0.273. The number of allylic oxidation sites excluding steroid dienone is 2. The fourth-order valence-corrected chi connectivity index (χ4v) is 5.20. The average molecular weight is 410 g/mol. The van der Waals surface area contributed by atoms with Crippen molar-refractivity contribution in [3.8, 4) is 0 Å². The smallest absolute Gasteiger partial charge is 0.268 e. The zero-order valence-electron chi connectivity index (χ0n) is 16.4. The van der Waals surface area contributed by atoms with Crippen LogP contribution in [0.1, 0.15) is 44.7 Å². The van der Waals surface area contributed by atoms with Crippen molar-refractivity contribution in [2.24, 2.45) is 0 Å². The zero-order chi connectivity index (χ0) is 20.8. The van der Waals surface area contributed by atoms with Gasteiger partial charge in [-0.05, 0) is 49.9 Å². The molecule has 29 heavy (non-hydrogen) atoms. The quantitative estimate of drug-likeness (QED) is 0.835. The van der Waals surface area contributed by atoms with Crippen LogP contribution in [-0.4, -0.2) is 38.0 Å². The molecule has 1 aliphatic carbocycles. The summed E-state index contributed by atoms with van der Waals surface area (Å²) >= 11 is 0. The number of nitrogens with one attached hydrogen (secondary N) is 1. The number of fused-ring (bicyclic) bond motifs is 1. The SMILES string of the molecule is Cc1ccc(NS(=O)(=O)C2=C(N3CCCC3)C(=O)c3ccccc3C2=O)cc1C. The highest BCUT2D eigenvalue weighted by Crippen LogP contribution is 2.33. The third-order valence-corrected chi connectivity index (χ3v) is 6.92. The first-order valence-electron chi connectivity index (χ1n) is 9.57. The molecule has 4 rings (SSSR count). The van der Waals surface area contributed by atoms with E-state index in [1.54, 1.807) is 35.2 Å². The molecule has 2 aromatic carbocycles. The van der Waals surface area contributed by atoms with Gasteiger partial charge < -0.3 is 4.90 Å². The molecule has 0 aromatic heterocycles. The first-order valence-corrected chi connectivity index (χ1v) is 11.1. The van der Waals surface area contributed by atoms with E-state index in [0.29, 0.717) is 18.8 Å². The van der Waals surface area contributed by atoms with Crippen LogP contribution in [0.4, 0.5) is 5.69 Å². The maximum absolute atomic E-state index is 13.3. The van der Waals surface area contributed by atoms with E-state index >= 15 is 0 Å². The van der Waals surface area contributed by atoms with Gasteiger partial charge in [0.05, 0.1) is 0 Å². The molecule has 7 heteroatoms. The largest absolute Gasteiger partial charge is 0.367 e. The van der Waals surface area contributed by atoms with Crippen LogP contribution in [0, 0.1) is 13.8 Å². The van der Waals surface area contributed by atoms with E-state index in [-0.39, 0.29) is 16.8 Å². The Hall–Kier alpha value is -2.93. The normalized spacial score (nSPS) is 17.0. The predicted octanol–water partition coefficient (Wildman–Crippen LogP) is 3.43. The Bertz CT molecular complexity index is 1160. The fourth-order valence-electron chi connectivity index (χ4n) is 3.83. The summed E-state index contributed by atoms with van der Waals surface area (Å²) in [5.74, 6) is -1.05. The number of likely N-dealkylation sites (tertiary alicyclic amines) is 1. The maximum Gasteiger partial charge on any atom is 0.268 e. The Morgan fingerprint density at radius 2 is 1.48 bits per heavy atom. The average Bonchev–Trinajstić information content (AvgIpc) is 3.21. The molecule has 0 amide bonds. The highest BCUT2D eigenvalue weighted by atomic mass is 32.2. The van der Waals surface area contributed by atoms with Gasteiger partial charge in [0.15, 0.2) is 4.91 Å². The van der Waals surface area contributed by atoms with Crippen LogP contribution in [0.3, 0.4) is 0 Å². The van der Waals surface area contributed by atoms with Gasteiger partial charge in [-0.25, -0.2) is 8.42 Å². The topological polar surface area (TPSA) is 83.6 Å². The molecule has 2 aromatic rings. The van der Waals surface area contributed by atoms with Crippen LogP contribution in [0.2, 0.25) is 0 Å². The van der Waals surface area contributed by atoms with Crippen molar-refractivity contribution in [2.45, 2.75) is 26.7 Å². The second kappa shape index (κ2) is 7.15. The van der Waals surface area contributed by atoms with E-state index in [1.165, 1.54) is 6.07 Å². The molecular weight excluding hydrogens is 388 g/mol. The summed E-state index contributed by atoms with van der Waals surface area (Å²) in [5.41, 5.74) is 2.69. The number of aryl methyl sites for hydroxylation is 2. The molecule has 150 valence electrons. The van der Waals surface area contributed by atoms with Gasteiger partial charge in [-0.15, -0.1) is 0 Å². The monoisotopic (exact) mass is 410 g/mol. The van der Waals surface area contributed by atoms with Crippen LogP contribution in [0.5, 0.6) is 0 Å². The number of anilines is 1. The van der Waals surface area contributed by atoms with Gasteiger partial charge in [-0.2, -0.15) is 0 Å². The molecule has 0 spiro atoms. The number of Topliss-reactive ketones (excluding diaryl/α,β-unsaturated/α-hetero) is 2. The molecular formula is C22H22N2O4S. The number of sulfonamides is 1. The minimum Gasteiger partial charge on any atom is -0.367 e. The number of benzene rings is 2. The molecule has 0 bridgehead atoms. The Morgan fingerprint density at radius 3 is 2.10 bits per heavy atom. The van der Waals surface area contributed by atoms with Crippen molar-refractivity contribution >= 4 is 27.3 Å². The van der Waals surface area contributed by atoms with Gasteiger partial charge in [0.25, 0.3) is 10.0 Å².